The first kappa shape index (κ1) is 26.0. The molecule has 0 bridgehead atoms. The van der Waals surface area contributed by atoms with Crippen molar-refractivity contribution in [1.82, 2.24) is 10.3 Å². The van der Waals surface area contributed by atoms with Crippen molar-refractivity contribution < 1.29 is 36.3 Å². The molecule has 3 N–H and O–H groups in total. The zero-order valence-corrected chi connectivity index (χ0v) is 20.5. The molecule has 1 aliphatic heterocycles. The number of fused-ring (bicyclic) bond motifs is 2. The highest BCUT2D eigenvalue weighted by Gasteiger charge is 2.30. The van der Waals surface area contributed by atoms with Crippen LogP contribution in [-0.4, -0.2) is 86.3 Å². The number of benzene rings is 2. The molecule has 1 aliphatic rings. The Morgan fingerprint density at radius 3 is 2.46 bits per heavy atom. The fraction of sp³-hybridized carbons (Fsp3) is 0.261. The lowest BCUT2D eigenvalue weighted by Crippen LogP contribution is -2.41. The normalized spacial score (nSPS) is 13.2. The quantitative estimate of drug-likeness (QED) is 0.263. The number of carbonyl (C=O) groups excluding carboxylic acids is 2. The molecule has 35 heavy (non-hydrogen) atoms. The van der Waals surface area contributed by atoms with E-state index in [1.807, 2.05) is 6.07 Å². The topological polar surface area (TPSA) is 161 Å². The second-order valence-corrected chi connectivity index (χ2v) is 9.91. The average molecular weight is 503 g/mol. The van der Waals surface area contributed by atoms with E-state index in [-0.39, 0.29) is 23.3 Å². The number of nitrogens with zero attached hydrogens (tertiary/aromatic N) is 2. The number of aromatic nitrogens is 1. The van der Waals surface area contributed by atoms with Gasteiger partial charge in [-0.25, -0.2) is 13.4 Å². The van der Waals surface area contributed by atoms with Gasteiger partial charge in [-0.3, -0.25) is 13.8 Å². The SMILES string of the molecule is COS(=O)(=O)[O-].C[N+](C)(C)CCNC(=O)c1ccc2[nH]c(O)c(C3=Nc4ccccc4C3=O)c2c1. The van der Waals surface area contributed by atoms with Gasteiger partial charge in [-0.05, 0) is 30.3 Å². The Hall–Kier alpha value is -3.58. The predicted octanol–water partition coefficient (Wildman–Crippen LogP) is 1.72. The van der Waals surface area contributed by atoms with E-state index < -0.39 is 10.4 Å². The van der Waals surface area contributed by atoms with Crippen LogP contribution in [0.15, 0.2) is 47.5 Å². The Kier molecular flexibility index (Phi) is 7.41. The van der Waals surface area contributed by atoms with Gasteiger partial charge in [0.05, 0.1) is 52.6 Å². The number of rotatable bonds is 6. The maximum Gasteiger partial charge on any atom is 0.251 e. The van der Waals surface area contributed by atoms with Gasteiger partial charge in [0, 0.05) is 22.0 Å². The second kappa shape index (κ2) is 9.96. The predicted molar refractivity (Wildman–Crippen MR) is 129 cm³/mol. The van der Waals surface area contributed by atoms with Crippen LogP contribution in [-0.2, 0) is 14.6 Å². The molecule has 186 valence electrons. The first-order valence-electron chi connectivity index (χ1n) is 10.5. The van der Waals surface area contributed by atoms with Gasteiger partial charge in [0.1, 0.15) is 5.71 Å². The maximum atomic E-state index is 12.8. The van der Waals surface area contributed by atoms with Crippen molar-refractivity contribution in [3.8, 4) is 5.88 Å². The molecule has 12 heteroatoms. The minimum atomic E-state index is -4.41. The van der Waals surface area contributed by atoms with E-state index in [4.69, 9.17) is 0 Å². The fourth-order valence-corrected chi connectivity index (χ4v) is 3.40. The number of Topliss-reactive ketones (excluding diaryl/α,β-unsaturated/α-hetero) is 1. The molecule has 0 saturated heterocycles. The van der Waals surface area contributed by atoms with Gasteiger partial charge in [-0.15, -0.1) is 0 Å². The summed E-state index contributed by atoms with van der Waals surface area (Å²) < 4.78 is 31.8. The highest BCUT2D eigenvalue weighted by atomic mass is 32.3. The van der Waals surface area contributed by atoms with E-state index >= 15 is 0 Å². The number of aromatic hydroxyl groups is 1. The van der Waals surface area contributed by atoms with Gasteiger partial charge in [0.2, 0.25) is 16.2 Å². The third-order valence-corrected chi connectivity index (χ3v) is 5.55. The Morgan fingerprint density at radius 1 is 1.20 bits per heavy atom. The van der Waals surface area contributed by atoms with Crippen molar-refractivity contribution in [2.75, 3.05) is 41.3 Å². The molecule has 0 radical (unpaired) electrons. The number of likely N-dealkylation sites (N-methyl/N-ethyl adjacent to an activating group) is 1. The highest BCUT2D eigenvalue weighted by molar-refractivity contribution is 7.80. The molecule has 1 amide bonds. The van der Waals surface area contributed by atoms with Gasteiger partial charge in [0.15, 0.2) is 5.88 Å². The van der Waals surface area contributed by atoms with Crippen molar-refractivity contribution in [2.24, 2.45) is 4.99 Å². The summed E-state index contributed by atoms with van der Waals surface area (Å²) in [5, 5.41) is 14.0. The van der Waals surface area contributed by atoms with Crippen molar-refractivity contribution in [3.63, 3.8) is 0 Å². The van der Waals surface area contributed by atoms with Gasteiger partial charge in [-0.2, -0.15) is 0 Å². The van der Waals surface area contributed by atoms with E-state index in [1.165, 1.54) is 0 Å². The van der Waals surface area contributed by atoms with Crippen LogP contribution in [0.1, 0.15) is 26.3 Å². The summed E-state index contributed by atoms with van der Waals surface area (Å²) in [5.74, 6) is -0.577. The number of hydrogen-bond acceptors (Lipinski definition) is 8. The molecule has 0 spiro atoms. The lowest BCUT2D eigenvalue weighted by molar-refractivity contribution is -0.869. The molecule has 2 heterocycles. The third kappa shape index (κ3) is 6.31. The molecule has 0 unspecified atom stereocenters. The highest BCUT2D eigenvalue weighted by Crippen LogP contribution is 2.35. The summed E-state index contributed by atoms with van der Waals surface area (Å²) >= 11 is 0. The van der Waals surface area contributed by atoms with Crippen LogP contribution in [0.4, 0.5) is 5.69 Å². The number of H-pyrrole nitrogens is 1. The largest absolute Gasteiger partial charge is 0.726 e. The minimum absolute atomic E-state index is 0.137. The first-order chi connectivity index (χ1) is 16.3. The smallest absolute Gasteiger partial charge is 0.251 e. The molecule has 0 saturated carbocycles. The van der Waals surface area contributed by atoms with Crippen LogP contribution in [0.3, 0.4) is 0 Å². The lowest BCUT2D eigenvalue weighted by atomic mass is 10.0. The fourth-order valence-electron chi connectivity index (χ4n) is 3.40. The van der Waals surface area contributed by atoms with Crippen LogP contribution < -0.4 is 5.32 Å². The number of carbonyl (C=O) groups is 2. The zero-order valence-electron chi connectivity index (χ0n) is 19.7. The Bertz CT molecular complexity index is 1420. The number of quaternary nitrogens is 1. The first-order valence-corrected chi connectivity index (χ1v) is 11.8. The number of ketones is 1. The van der Waals surface area contributed by atoms with E-state index in [0.29, 0.717) is 39.8 Å². The number of nitrogens with one attached hydrogen (secondary N) is 2. The van der Waals surface area contributed by atoms with Crippen LogP contribution in [0.5, 0.6) is 5.88 Å². The summed E-state index contributed by atoms with van der Waals surface area (Å²) in [6.45, 7) is 1.35. The molecule has 0 aliphatic carbocycles. The molecule has 4 rings (SSSR count). The third-order valence-electron chi connectivity index (χ3n) is 5.15. The molecule has 11 nitrogen and oxygen atoms in total. The van der Waals surface area contributed by atoms with Crippen LogP contribution in [0.25, 0.3) is 10.9 Å². The summed E-state index contributed by atoms with van der Waals surface area (Å²) in [6.07, 6.45) is 0. The number of amides is 1. The summed E-state index contributed by atoms with van der Waals surface area (Å²) in [4.78, 5) is 32.7. The average Bonchev–Trinajstić information content (AvgIpc) is 3.27. The molecule has 3 aromatic rings. The number of aliphatic imine (C=N–C) groups is 1. The molecule has 1 aromatic heterocycles. The van der Waals surface area contributed by atoms with E-state index in [2.05, 4.69) is 40.6 Å². The van der Waals surface area contributed by atoms with Crippen molar-refractivity contribution in [3.05, 3.63) is 59.2 Å². The molecule has 0 fully saturated rings. The molecule has 2 aromatic carbocycles. The molecule has 0 atom stereocenters. The van der Waals surface area contributed by atoms with E-state index in [0.717, 1.165) is 18.1 Å². The van der Waals surface area contributed by atoms with Crippen molar-refractivity contribution in [1.29, 1.82) is 0 Å². The van der Waals surface area contributed by atoms with Gasteiger partial charge in [0.25, 0.3) is 5.91 Å². The Morgan fingerprint density at radius 2 is 1.86 bits per heavy atom. The van der Waals surface area contributed by atoms with E-state index in [1.54, 1.807) is 36.4 Å². The van der Waals surface area contributed by atoms with Crippen LogP contribution >= 0.6 is 0 Å². The standard InChI is InChI=1S/C22H22N4O3.CH4O4S/c1-26(2,3)11-10-23-21(28)13-8-9-17-15(12-13)18(22(29)25-17)19-20(27)14-6-4-5-7-16(14)24-19;1-5-6(2,3)4/h4-9,12H,10-11H2,1-3H3,(H2-,23,24,25,27,28,29);1H3,(H,2,3,4). The number of aromatic amines is 1. The van der Waals surface area contributed by atoms with Gasteiger partial charge in [-0.1, -0.05) is 12.1 Å². The van der Waals surface area contributed by atoms with Gasteiger partial charge >= 0.3 is 0 Å². The van der Waals surface area contributed by atoms with Gasteiger partial charge < -0.3 is 24.4 Å². The van der Waals surface area contributed by atoms with Crippen LogP contribution in [0.2, 0.25) is 0 Å². The molecular formula is C23H26N4O7S. The second-order valence-electron chi connectivity index (χ2n) is 8.76. The molecular weight excluding hydrogens is 476 g/mol. The summed E-state index contributed by atoms with van der Waals surface area (Å²) in [6, 6.07) is 12.2. The lowest BCUT2D eigenvalue weighted by Gasteiger charge is -2.23. The minimum Gasteiger partial charge on any atom is -0.726 e. The Labute approximate surface area is 202 Å². The van der Waals surface area contributed by atoms with Crippen LogP contribution in [0, 0.1) is 0 Å². The Balaban J connectivity index is 0.000000509. The van der Waals surface area contributed by atoms with E-state index in [9.17, 15) is 27.7 Å². The summed E-state index contributed by atoms with van der Waals surface area (Å²) in [7, 11) is 2.58. The summed E-state index contributed by atoms with van der Waals surface area (Å²) in [5.41, 5.74) is 2.68. The number of para-hydroxylation sites is 1. The zero-order chi connectivity index (χ0) is 26.0. The monoisotopic (exact) mass is 502 g/mol. The van der Waals surface area contributed by atoms with Crippen molar-refractivity contribution in [2.45, 2.75) is 0 Å². The maximum absolute atomic E-state index is 12.8. The van der Waals surface area contributed by atoms with Crippen molar-refractivity contribution >= 4 is 44.4 Å². The number of hydrogen-bond donors (Lipinski definition) is 3.